The molecule has 7 nitrogen and oxygen atoms in total. The third-order valence-electron chi connectivity index (χ3n) is 4.19. The van der Waals surface area contributed by atoms with Crippen LogP contribution in [0.4, 0.5) is 5.82 Å². The SMILES string of the molecule is CN(C)S(=O)(=O)c1cc(B2OC(C)(C)C(C)(C)O2)cnc1N. The Hall–Kier alpha value is -1.16. The van der Waals surface area contributed by atoms with Gasteiger partial charge in [0.2, 0.25) is 10.0 Å². The van der Waals surface area contributed by atoms with Gasteiger partial charge < -0.3 is 15.0 Å². The van der Waals surface area contributed by atoms with Crippen LogP contribution in [0.15, 0.2) is 17.2 Å². The van der Waals surface area contributed by atoms with Gasteiger partial charge in [-0.25, -0.2) is 17.7 Å². The molecular formula is C13H22BN3O4S. The van der Waals surface area contributed by atoms with Crippen LogP contribution in [0.5, 0.6) is 0 Å². The second kappa shape index (κ2) is 5.19. The Balaban J connectivity index is 2.45. The van der Waals surface area contributed by atoms with Gasteiger partial charge in [-0.1, -0.05) is 0 Å². The predicted octanol–water partition coefficient (Wildman–Crippen LogP) is 0.213. The normalized spacial score (nSPS) is 20.6. The maximum Gasteiger partial charge on any atom is 0.496 e. The molecule has 0 radical (unpaired) electrons. The molecule has 1 fully saturated rings. The van der Waals surface area contributed by atoms with Crippen LogP contribution < -0.4 is 11.2 Å². The summed E-state index contributed by atoms with van der Waals surface area (Å²) in [4.78, 5) is 3.93. The molecule has 1 saturated heterocycles. The first kappa shape index (κ1) is 17.2. The van der Waals surface area contributed by atoms with Crippen LogP contribution in [0.3, 0.4) is 0 Å². The van der Waals surface area contributed by atoms with Gasteiger partial charge in [0.05, 0.1) is 11.2 Å². The molecule has 9 heteroatoms. The minimum atomic E-state index is -3.68. The molecule has 2 N–H and O–H groups in total. The van der Waals surface area contributed by atoms with Crippen molar-refractivity contribution in [2.75, 3.05) is 19.8 Å². The van der Waals surface area contributed by atoms with Crippen LogP contribution >= 0.6 is 0 Å². The molecule has 0 aromatic carbocycles. The molecule has 122 valence electrons. The van der Waals surface area contributed by atoms with E-state index >= 15 is 0 Å². The first-order valence-electron chi connectivity index (χ1n) is 6.92. The lowest BCUT2D eigenvalue weighted by Crippen LogP contribution is -2.41. The van der Waals surface area contributed by atoms with Gasteiger partial charge in [-0.2, -0.15) is 0 Å². The number of sulfonamides is 1. The Bertz CT molecular complexity index is 673. The van der Waals surface area contributed by atoms with E-state index in [1.165, 1.54) is 26.4 Å². The molecule has 0 amide bonds. The second-order valence-corrected chi connectivity index (χ2v) is 8.65. The summed E-state index contributed by atoms with van der Waals surface area (Å²) in [6.45, 7) is 7.70. The Morgan fingerprint density at radius 2 is 1.68 bits per heavy atom. The number of anilines is 1. The topological polar surface area (TPSA) is 94.8 Å². The fourth-order valence-corrected chi connectivity index (χ4v) is 2.98. The summed E-state index contributed by atoms with van der Waals surface area (Å²) in [6.07, 6.45) is 1.48. The molecule has 2 heterocycles. The quantitative estimate of drug-likeness (QED) is 0.798. The minimum absolute atomic E-state index is 0.0473. The maximum absolute atomic E-state index is 12.3. The highest BCUT2D eigenvalue weighted by molar-refractivity contribution is 7.89. The van der Waals surface area contributed by atoms with Crippen LogP contribution in [0.25, 0.3) is 0 Å². The summed E-state index contributed by atoms with van der Waals surface area (Å²) in [5, 5.41) is 0. The van der Waals surface area contributed by atoms with Gasteiger partial charge in [0.15, 0.2) is 0 Å². The van der Waals surface area contributed by atoms with Crippen molar-refractivity contribution in [1.29, 1.82) is 0 Å². The first-order valence-corrected chi connectivity index (χ1v) is 8.36. The molecule has 1 aliphatic heterocycles. The average molecular weight is 327 g/mol. The molecule has 0 bridgehead atoms. The molecule has 22 heavy (non-hydrogen) atoms. The molecule has 1 aliphatic rings. The van der Waals surface area contributed by atoms with Crippen molar-refractivity contribution >= 4 is 28.4 Å². The number of pyridine rings is 1. The Labute approximate surface area is 132 Å². The average Bonchev–Trinajstić information content (AvgIpc) is 2.58. The van der Waals surface area contributed by atoms with Crippen molar-refractivity contribution in [3.05, 3.63) is 12.3 Å². The van der Waals surface area contributed by atoms with Gasteiger partial charge in [-0.05, 0) is 33.8 Å². The summed E-state index contributed by atoms with van der Waals surface area (Å²) in [5.74, 6) is -0.0473. The van der Waals surface area contributed by atoms with E-state index in [-0.39, 0.29) is 10.7 Å². The van der Waals surface area contributed by atoms with Crippen LogP contribution in [-0.4, -0.2) is 50.1 Å². The third-order valence-corrected chi connectivity index (χ3v) is 6.03. The van der Waals surface area contributed by atoms with E-state index < -0.39 is 28.3 Å². The van der Waals surface area contributed by atoms with E-state index in [1.54, 1.807) is 0 Å². The zero-order valence-electron chi connectivity index (χ0n) is 13.7. The molecule has 2 rings (SSSR count). The molecule has 1 aromatic heterocycles. The van der Waals surface area contributed by atoms with E-state index in [1.807, 2.05) is 27.7 Å². The second-order valence-electron chi connectivity index (χ2n) is 6.53. The highest BCUT2D eigenvalue weighted by Gasteiger charge is 2.52. The number of nitrogens with zero attached hydrogens (tertiary/aromatic N) is 2. The summed E-state index contributed by atoms with van der Waals surface area (Å²) >= 11 is 0. The summed E-state index contributed by atoms with van der Waals surface area (Å²) in [7, 11) is -1.49. The molecule has 0 aliphatic carbocycles. The fraction of sp³-hybridized carbons (Fsp3) is 0.615. The van der Waals surface area contributed by atoms with Crippen molar-refractivity contribution in [2.24, 2.45) is 0 Å². The summed E-state index contributed by atoms with van der Waals surface area (Å²) < 4.78 is 37.5. The Morgan fingerprint density at radius 3 is 2.14 bits per heavy atom. The molecule has 0 spiro atoms. The zero-order chi connectivity index (χ0) is 16.9. The Morgan fingerprint density at radius 1 is 1.18 bits per heavy atom. The highest BCUT2D eigenvalue weighted by Crippen LogP contribution is 2.36. The van der Waals surface area contributed by atoms with Gasteiger partial charge in [0, 0.05) is 25.8 Å². The van der Waals surface area contributed by atoms with E-state index in [4.69, 9.17) is 15.0 Å². The van der Waals surface area contributed by atoms with Gasteiger partial charge in [-0.3, -0.25) is 0 Å². The van der Waals surface area contributed by atoms with Crippen molar-refractivity contribution in [3.63, 3.8) is 0 Å². The van der Waals surface area contributed by atoms with Crippen LogP contribution in [0, 0.1) is 0 Å². The van der Waals surface area contributed by atoms with E-state index in [9.17, 15) is 8.42 Å². The lowest BCUT2D eigenvalue weighted by molar-refractivity contribution is 0.00578. The van der Waals surface area contributed by atoms with E-state index in [0.717, 1.165) is 4.31 Å². The number of aromatic nitrogens is 1. The van der Waals surface area contributed by atoms with Crippen LogP contribution in [-0.2, 0) is 19.3 Å². The van der Waals surface area contributed by atoms with Gasteiger partial charge >= 0.3 is 7.12 Å². The van der Waals surface area contributed by atoms with Gasteiger partial charge in [0.1, 0.15) is 10.7 Å². The van der Waals surface area contributed by atoms with Gasteiger partial charge in [0.25, 0.3) is 0 Å². The third kappa shape index (κ3) is 2.73. The minimum Gasteiger partial charge on any atom is -0.399 e. The standard InChI is InChI=1S/C13H22BN3O4S/c1-12(2)13(3,4)21-14(20-12)9-7-10(11(15)16-8-9)22(18,19)17(5)6/h7-8H,1-6H3,(H2,15,16). The lowest BCUT2D eigenvalue weighted by atomic mass is 9.80. The zero-order valence-corrected chi connectivity index (χ0v) is 14.6. The highest BCUT2D eigenvalue weighted by atomic mass is 32.2. The number of hydrogen-bond acceptors (Lipinski definition) is 6. The van der Waals surface area contributed by atoms with Crippen molar-refractivity contribution in [2.45, 2.75) is 43.8 Å². The monoisotopic (exact) mass is 327 g/mol. The van der Waals surface area contributed by atoms with Crippen LogP contribution in [0.1, 0.15) is 27.7 Å². The van der Waals surface area contributed by atoms with Gasteiger partial charge in [-0.15, -0.1) is 0 Å². The molecule has 1 aromatic rings. The molecular weight excluding hydrogens is 305 g/mol. The fourth-order valence-electron chi connectivity index (χ4n) is 1.98. The molecule has 0 saturated carbocycles. The van der Waals surface area contributed by atoms with Crippen molar-refractivity contribution < 1.29 is 17.7 Å². The van der Waals surface area contributed by atoms with Crippen molar-refractivity contribution in [3.8, 4) is 0 Å². The smallest absolute Gasteiger partial charge is 0.399 e. The lowest BCUT2D eigenvalue weighted by Gasteiger charge is -2.32. The maximum atomic E-state index is 12.3. The summed E-state index contributed by atoms with van der Waals surface area (Å²) in [5.41, 5.74) is 5.21. The van der Waals surface area contributed by atoms with E-state index in [2.05, 4.69) is 4.98 Å². The number of hydrogen-bond donors (Lipinski definition) is 1. The van der Waals surface area contributed by atoms with Crippen LogP contribution in [0.2, 0.25) is 0 Å². The predicted molar refractivity (Wildman–Crippen MR) is 85.2 cm³/mol. The Kier molecular flexibility index (Phi) is 4.06. The van der Waals surface area contributed by atoms with E-state index in [0.29, 0.717) is 5.46 Å². The number of nitrogen functional groups attached to an aromatic ring is 1. The largest absolute Gasteiger partial charge is 0.496 e. The molecule has 0 unspecified atom stereocenters. The first-order chi connectivity index (χ1) is 9.88. The van der Waals surface area contributed by atoms with Crippen molar-refractivity contribution in [1.82, 2.24) is 9.29 Å². The summed E-state index contributed by atoms with van der Waals surface area (Å²) in [6, 6.07) is 1.46. The molecule has 0 atom stereocenters. The number of nitrogens with two attached hydrogens (primary N) is 1. The number of rotatable bonds is 3.